The summed E-state index contributed by atoms with van der Waals surface area (Å²) in [5, 5.41) is 4.81. The molecule has 2 aromatic carbocycles. The third kappa shape index (κ3) is 10.6. The number of amides is 2. The minimum atomic E-state index is -4.94. The number of pyridine rings is 1. The summed E-state index contributed by atoms with van der Waals surface area (Å²) in [6.45, 7) is 2.91. The average Bonchev–Trinajstić information content (AvgIpc) is 3.00. The molecule has 0 aliphatic carbocycles. The number of aryl methyl sites for hydroxylation is 1. The van der Waals surface area contributed by atoms with E-state index in [0.29, 0.717) is 11.6 Å². The normalized spacial score (nSPS) is 13.6. The summed E-state index contributed by atoms with van der Waals surface area (Å²) in [7, 11) is -9.21. The fourth-order valence-electron chi connectivity index (χ4n) is 4.81. The molecule has 0 spiro atoms. The number of carbonyl (C=O) groups is 2. The molecule has 0 aliphatic rings. The standard InChI is InChI=1S/C30H36F3N5O7S2/c1-20-18-35-13-12-24(20)23-8-5-7-22(17-23)21(2)38(47(44,45)27-10-4-3-9-25(27)30(31,32)33)16-6-11-28(39)36-14-15-37-29(40)26(34)19-46(41,42)43/h3-5,7-10,12-13,17-18,21,26H,6,11,14-16,19,34H2,1-2H3,(H,36,39)(H,37,40)(H,41,42,43). The zero-order valence-electron chi connectivity index (χ0n) is 25.6. The highest BCUT2D eigenvalue weighted by molar-refractivity contribution is 7.89. The van der Waals surface area contributed by atoms with Crippen LogP contribution >= 0.6 is 0 Å². The second-order valence-electron chi connectivity index (χ2n) is 10.7. The lowest BCUT2D eigenvalue weighted by Crippen LogP contribution is -2.46. The first kappa shape index (κ1) is 37.6. The van der Waals surface area contributed by atoms with Gasteiger partial charge in [-0.05, 0) is 66.8 Å². The summed E-state index contributed by atoms with van der Waals surface area (Å²) in [4.78, 5) is 27.5. The van der Waals surface area contributed by atoms with Gasteiger partial charge in [-0.1, -0.05) is 30.3 Å². The number of nitrogens with one attached hydrogen (secondary N) is 2. The topological polar surface area (TPSA) is 189 Å². The van der Waals surface area contributed by atoms with Crippen molar-refractivity contribution in [2.24, 2.45) is 5.73 Å². The lowest BCUT2D eigenvalue weighted by Gasteiger charge is -2.30. The first-order valence-electron chi connectivity index (χ1n) is 14.4. The molecule has 2 unspecified atom stereocenters. The molecule has 1 aromatic heterocycles. The van der Waals surface area contributed by atoms with Crippen LogP contribution in [0.1, 0.15) is 42.5 Å². The lowest BCUT2D eigenvalue weighted by molar-refractivity contribution is -0.140. The van der Waals surface area contributed by atoms with Crippen LogP contribution in [0.2, 0.25) is 0 Å². The van der Waals surface area contributed by atoms with Crippen LogP contribution in [0.5, 0.6) is 0 Å². The van der Waals surface area contributed by atoms with Gasteiger partial charge in [-0.3, -0.25) is 19.1 Å². The summed E-state index contributed by atoms with van der Waals surface area (Å²) in [5.41, 5.74) is 7.08. The van der Waals surface area contributed by atoms with Crippen LogP contribution in [0.4, 0.5) is 13.2 Å². The second kappa shape index (κ2) is 15.8. The number of benzene rings is 2. The minimum Gasteiger partial charge on any atom is -0.354 e. The zero-order valence-corrected chi connectivity index (χ0v) is 27.2. The smallest absolute Gasteiger partial charge is 0.354 e. The quantitative estimate of drug-likeness (QED) is 0.137. The van der Waals surface area contributed by atoms with Gasteiger partial charge in [0.1, 0.15) is 6.04 Å². The van der Waals surface area contributed by atoms with Crippen molar-refractivity contribution in [3.05, 3.63) is 83.7 Å². The summed E-state index contributed by atoms with van der Waals surface area (Å²) in [6.07, 6.45) is -1.91. The molecule has 0 fully saturated rings. The Kier molecular flexibility index (Phi) is 12.6. The molecule has 0 radical (unpaired) electrons. The number of nitrogens with zero attached hydrogens (tertiary/aromatic N) is 2. The molecule has 5 N–H and O–H groups in total. The number of aromatic nitrogens is 1. The molecule has 0 aliphatic heterocycles. The van der Waals surface area contributed by atoms with Crippen LogP contribution < -0.4 is 16.4 Å². The van der Waals surface area contributed by atoms with Crippen molar-refractivity contribution in [2.75, 3.05) is 25.4 Å². The third-order valence-corrected chi connectivity index (χ3v) is 9.98. The predicted octanol–water partition coefficient (Wildman–Crippen LogP) is 3.06. The number of alkyl halides is 3. The molecule has 2 amide bonds. The Labute approximate surface area is 271 Å². The highest BCUT2D eigenvalue weighted by Gasteiger charge is 2.40. The first-order valence-corrected chi connectivity index (χ1v) is 17.4. The summed E-state index contributed by atoms with van der Waals surface area (Å²) >= 11 is 0. The van der Waals surface area contributed by atoms with E-state index in [-0.39, 0.29) is 32.5 Å². The van der Waals surface area contributed by atoms with Crippen LogP contribution in [0.15, 0.2) is 71.9 Å². The Hall–Kier alpha value is -3.90. The van der Waals surface area contributed by atoms with Crippen LogP contribution in [0.3, 0.4) is 0 Å². The summed E-state index contributed by atoms with van der Waals surface area (Å²) in [5.74, 6) is -2.38. The molecule has 12 nitrogen and oxygen atoms in total. The molecular weight excluding hydrogens is 663 g/mol. The fourth-order valence-corrected chi connectivity index (χ4v) is 7.29. The number of sulfonamides is 1. The van der Waals surface area contributed by atoms with Gasteiger partial charge in [0.05, 0.1) is 16.2 Å². The Morgan fingerprint density at radius 1 is 1.02 bits per heavy atom. The van der Waals surface area contributed by atoms with E-state index in [1.54, 1.807) is 43.6 Å². The van der Waals surface area contributed by atoms with Gasteiger partial charge in [0.15, 0.2) is 0 Å². The lowest BCUT2D eigenvalue weighted by atomic mass is 9.98. The molecule has 0 bridgehead atoms. The number of rotatable bonds is 15. The van der Waals surface area contributed by atoms with Gasteiger partial charge in [0.25, 0.3) is 10.1 Å². The second-order valence-corrected chi connectivity index (χ2v) is 14.1. The maximum absolute atomic E-state index is 13.9. The van der Waals surface area contributed by atoms with Crippen LogP contribution in [-0.2, 0) is 35.9 Å². The Bertz CT molecular complexity index is 1790. The predicted molar refractivity (Wildman–Crippen MR) is 168 cm³/mol. The van der Waals surface area contributed by atoms with E-state index < -0.39 is 66.4 Å². The van der Waals surface area contributed by atoms with Gasteiger partial charge in [-0.15, -0.1) is 0 Å². The van der Waals surface area contributed by atoms with Crippen molar-refractivity contribution in [2.45, 2.75) is 49.8 Å². The SMILES string of the molecule is Cc1cnccc1-c1cccc(C(C)N(CCCC(=O)NCCNC(=O)C(N)CS(=O)(=O)O)S(=O)(=O)c2ccccc2C(F)(F)F)c1. The zero-order chi connectivity index (χ0) is 35.0. The van der Waals surface area contributed by atoms with Crippen molar-refractivity contribution >= 4 is 32.0 Å². The van der Waals surface area contributed by atoms with Gasteiger partial charge in [-0.25, -0.2) is 8.42 Å². The van der Waals surface area contributed by atoms with Gasteiger partial charge in [-0.2, -0.15) is 25.9 Å². The number of halogens is 3. The minimum absolute atomic E-state index is 0.0572. The maximum atomic E-state index is 13.9. The molecule has 3 aromatic rings. The van der Waals surface area contributed by atoms with Crippen molar-refractivity contribution in [1.82, 2.24) is 19.9 Å². The monoisotopic (exact) mass is 699 g/mol. The Balaban J connectivity index is 1.78. The van der Waals surface area contributed by atoms with Crippen molar-refractivity contribution in [3.8, 4) is 11.1 Å². The van der Waals surface area contributed by atoms with Crippen LogP contribution in [-0.4, -0.2) is 73.9 Å². The molecule has 47 heavy (non-hydrogen) atoms. The summed E-state index contributed by atoms with van der Waals surface area (Å²) < 4.78 is 101. The molecular formula is C30H36F3N5O7S2. The molecule has 256 valence electrons. The van der Waals surface area contributed by atoms with Crippen molar-refractivity contribution < 1.29 is 44.1 Å². The molecule has 0 saturated carbocycles. The van der Waals surface area contributed by atoms with E-state index in [0.717, 1.165) is 33.1 Å². The number of nitrogens with two attached hydrogens (primary N) is 1. The van der Waals surface area contributed by atoms with E-state index in [1.165, 1.54) is 6.07 Å². The maximum Gasteiger partial charge on any atom is 0.417 e. The average molecular weight is 700 g/mol. The largest absolute Gasteiger partial charge is 0.417 e. The van der Waals surface area contributed by atoms with Crippen LogP contribution in [0.25, 0.3) is 11.1 Å². The first-order chi connectivity index (χ1) is 21.9. The highest BCUT2D eigenvalue weighted by Crippen LogP contribution is 2.38. The third-order valence-electron chi connectivity index (χ3n) is 7.17. The molecule has 17 heteroatoms. The molecule has 2 atom stereocenters. The highest BCUT2D eigenvalue weighted by atomic mass is 32.2. The Morgan fingerprint density at radius 3 is 2.36 bits per heavy atom. The van der Waals surface area contributed by atoms with Crippen molar-refractivity contribution in [3.63, 3.8) is 0 Å². The van der Waals surface area contributed by atoms with Gasteiger partial charge in [0.2, 0.25) is 21.8 Å². The van der Waals surface area contributed by atoms with Gasteiger partial charge in [0, 0.05) is 44.5 Å². The van der Waals surface area contributed by atoms with E-state index in [2.05, 4.69) is 15.6 Å². The molecule has 0 saturated heterocycles. The van der Waals surface area contributed by atoms with Crippen molar-refractivity contribution in [1.29, 1.82) is 0 Å². The molecule has 1 heterocycles. The van der Waals surface area contributed by atoms with E-state index in [1.807, 2.05) is 13.0 Å². The number of hydrogen-bond donors (Lipinski definition) is 4. The molecule has 3 rings (SSSR count). The summed E-state index contributed by atoms with van der Waals surface area (Å²) in [6, 6.07) is 10.2. The van der Waals surface area contributed by atoms with Gasteiger partial charge < -0.3 is 16.4 Å². The Morgan fingerprint density at radius 2 is 1.70 bits per heavy atom. The van der Waals surface area contributed by atoms with Gasteiger partial charge >= 0.3 is 6.18 Å². The number of carbonyl (C=O) groups excluding carboxylic acids is 2. The van der Waals surface area contributed by atoms with E-state index in [9.17, 15) is 39.6 Å². The fraction of sp³-hybridized carbons (Fsp3) is 0.367. The number of hydrogen-bond acceptors (Lipinski definition) is 8. The van der Waals surface area contributed by atoms with Crippen LogP contribution in [0, 0.1) is 6.92 Å². The van der Waals surface area contributed by atoms with E-state index in [4.69, 9.17) is 10.3 Å². The van der Waals surface area contributed by atoms with E-state index >= 15 is 0 Å².